The van der Waals surface area contributed by atoms with Gasteiger partial charge in [0.2, 0.25) is 5.91 Å². The van der Waals surface area contributed by atoms with E-state index in [9.17, 15) is 9.59 Å². The Morgan fingerprint density at radius 2 is 1.79 bits per heavy atom. The van der Waals surface area contributed by atoms with Crippen LogP contribution in [0.15, 0.2) is 0 Å². The predicted octanol–water partition coefficient (Wildman–Crippen LogP) is 0.882. The highest BCUT2D eigenvalue weighted by molar-refractivity contribution is 5.77. The molecule has 108 valence electrons. The van der Waals surface area contributed by atoms with Crippen LogP contribution < -0.4 is 0 Å². The molecule has 1 amide bonds. The maximum absolute atomic E-state index is 11.7. The van der Waals surface area contributed by atoms with E-state index in [1.54, 1.807) is 19.0 Å². The van der Waals surface area contributed by atoms with E-state index < -0.39 is 0 Å². The van der Waals surface area contributed by atoms with Gasteiger partial charge in [-0.3, -0.25) is 14.5 Å². The lowest BCUT2D eigenvalue weighted by Crippen LogP contribution is -2.43. The van der Waals surface area contributed by atoms with E-state index in [0.29, 0.717) is 6.54 Å². The first-order valence-electron chi connectivity index (χ1n) is 7.19. The van der Waals surface area contributed by atoms with Gasteiger partial charge in [-0.25, -0.2) is 0 Å². The van der Waals surface area contributed by atoms with Gasteiger partial charge in [0, 0.05) is 27.2 Å². The molecule has 0 bridgehead atoms. The van der Waals surface area contributed by atoms with Crippen LogP contribution in [0.3, 0.4) is 0 Å². The molecule has 1 aliphatic heterocycles. The van der Waals surface area contributed by atoms with Crippen LogP contribution in [-0.4, -0.2) is 61.5 Å². The number of esters is 1. The van der Waals surface area contributed by atoms with Gasteiger partial charge in [-0.05, 0) is 25.7 Å². The first-order chi connectivity index (χ1) is 9.06. The van der Waals surface area contributed by atoms with Crippen LogP contribution in [0.1, 0.15) is 32.1 Å². The lowest BCUT2D eigenvalue weighted by atomic mass is 9.85. The van der Waals surface area contributed by atoms with E-state index in [0.717, 1.165) is 45.2 Å². The van der Waals surface area contributed by atoms with Crippen LogP contribution in [-0.2, 0) is 14.3 Å². The molecule has 0 aromatic rings. The van der Waals surface area contributed by atoms with Crippen molar-refractivity contribution in [1.82, 2.24) is 9.80 Å². The Morgan fingerprint density at radius 1 is 1.16 bits per heavy atom. The molecule has 0 radical (unpaired) electrons. The topological polar surface area (TPSA) is 49.9 Å². The molecule has 0 unspecified atom stereocenters. The molecule has 5 nitrogen and oxygen atoms in total. The van der Waals surface area contributed by atoms with Crippen LogP contribution in [0.4, 0.5) is 0 Å². The van der Waals surface area contributed by atoms with Gasteiger partial charge in [0.1, 0.15) is 6.10 Å². The van der Waals surface area contributed by atoms with Crippen LogP contribution in [0.5, 0.6) is 0 Å². The molecule has 1 heterocycles. The second kappa shape index (κ2) is 6.37. The number of carbonyl (C=O) groups excluding carboxylic acids is 2. The molecule has 19 heavy (non-hydrogen) atoms. The molecule has 1 saturated carbocycles. The number of carbonyl (C=O) groups is 2. The Bertz CT molecular complexity index is 332. The zero-order valence-corrected chi connectivity index (χ0v) is 11.9. The fourth-order valence-electron chi connectivity index (χ4n) is 2.42. The van der Waals surface area contributed by atoms with Gasteiger partial charge in [-0.1, -0.05) is 6.42 Å². The minimum Gasteiger partial charge on any atom is -0.462 e. The molecule has 1 saturated heterocycles. The number of likely N-dealkylation sites (tertiary alicyclic amines) is 1. The van der Waals surface area contributed by atoms with Crippen molar-refractivity contribution in [2.24, 2.45) is 5.92 Å². The molecule has 1 aliphatic carbocycles. The Hall–Kier alpha value is -1.10. The molecule has 2 rings (SSSR count). The smallest absolute Gasteiger partial charge is 0.309 e. The summed E-state index contributed by atoms with van der Waals surface area (Å²) in [5.41, 5.74) is 0. The number of rotatable bonds is 4. The highest BCUT2D eigenvalue weighted by Crippen LogP contribution is 2.28. The molecular weight excluding hydrogens is 244 g/mol. The average Bonchev–Trinajstić information content (AvgIpc) is 2.29. The molecule has 2 aliphatic rings. The Kier molecular flexibility index (Phi) is 4.80. The first-order valence-corrected chi connectivity index (χ1v) is 7.19. The number of hydrogen-bond donors (Lipinski definition) is 0. The fourth-order valence-corrected chi connectivity index (χ4v) is 2.42. The van der Waals surface area contributed by atoms with Crippen molar-refractivity contribution in [3.63, 3.8) is 0 Å². The minimum atomic E-state index is -0.00549. The lowest BCUT2D eigenvalue weighted by Gasteiger charge is -2.33. The normalized spacial score (nSPS) is 21.8. The summed E-state index contributed by atoms with van der Waals surface area (Å²) in [6.45, 7) is 2.14. The minimum absolute atomic E-state index is 0.00549. The summed E-state index contributed by atoms with van der Waals surface area (Å²) < 4.78 is 5.54. The zero-order chi connectivity index (χ0) is 13.8. The quantitative estimate of drug-likeness (QED) is 0.710. The number of amides is 1. The molecule has 0 atom stereocenters. The average molecular weight is 268 g/mol. The van der Waals surface area contributed by atoms with Gasteiger partial charge in [0.15, 0.2) is 0 Å². The predicted molar refractivity (Wildman–Crippen MR) is 71.6 cm³/mol. The van der Waals surface area contributed by atoms with E-state index in [-0.39, 0.29) is 23.9 Å². The van der Waals surface area contributed by atoms with Gasteiger partial charge < -0.3 is 9.64 Å². The fraction of sp³-hybridized carbons (Fsp3) is 0.857. The zero-order valence-electron chi connectivity index (χ0n) is 11.9. The third-order valence-electron chi connectivity index (χ3n) is 4.11. The summed E-state index contributed by atoms with van der Waals surface area (Å²) in [7, 11) is 3.55. The highest BCUT2D eigenvalue weighted by Gasteiger charge is 2.30. The largest absolute Gasteiger partial charge is 0.462 e. The Morgan fingerprint density at radius 3 is 2.26 bits per heavy atom. The number of piperidine rings is 1. The van der Waals surface area contributed by atoms with Gasteiger partial charge >= 0.3 is 5.97 Å². The second-order valence-corrected chi connectivity index (χ2v) is 5.83. The van der Waals surface area contributed by atoms with Crippen molar-refractivity contribution in [3.05, 3.63) is 0 Å². The summed E-state index contributed by atoms with van der Waals surface area (Å²) in [5.74, 6) is 0.285. The van der Waals surface area contributed by atoms with E-state index in [1.165, 1.54) is 0 Å². The van der Waals surface area contributed by atoms with Crippen LogP contribution in [0.25, 0.3) is 0 Å². The van der Waals surface area contributed by atoms with Crippen molar-refractivity contribution >= 4 is 11.9 Å². The summed E-state index contributed by atoms with van der Waals surface area (Å²) in [4.78, 5) is 27.1. The van der Waals surface area contributed by atoms with E-state index in [2.05, 4.69) is 4.90 Å². The summed E-state index contributed by atoms with van der Waals surface area (Å²) in [6, 6.07) is 0. The van der Waals surface area contributed by atoms with Crippen molar-refractivity contribution in [1.29, 1.82) is 0 Å². The molecule has 0 aromatic heterocycles. The Labute approximate surface area is 114 Å². The van der Waals surface area contributed by atoms with E-state index in [4.69, 9.17) is 4.74 Å². The molecule has 0 N–H and O–H groups in total. The van der Waals surface area contributed by atoms with E-state index in [1.807, 2.05) is 0 Å². The summed E-state index contributed by atoms with van der Waals surface area (Å²) >= 11 is 0. The SMILES string of the molecule is CN(C)C(=O)CN1CCC(OC(=O)C2CCC2)CC1. The van der Waals surface area contributed by atoms with Gasteiger partial charge in [0.05, 0.1) is 12.5 Å². The lowest BCUT2D eigenvalue weighted by molar-refractivity contribution is -0.159. The molecule has 0 spiro atoms. The van der Waals surface area contributed by atoms with Crippen molar-refractivity contribution in [3.8, 4) is 0 Å². The third-order valence-corrected chi connectivity index (χ3v) is 4.11. The number of likely N-dealkylation sites (N-methyl/N-ethyl adjacent to an activating group) is 1. The van der Waals surface area contributed by atoms with Crippen LogP contribution >= 0.6 is 0 Å². The second-order valence-electron chi connectivity index (χ2n) is 5.83. The van der Waals surface area contributed by atoms with Crippen LogP contribution in [0, 0.1) is 5.92 Å². The standard InChI is InChI=1S/C14H24N2O3/c1-15(2)13(17)10-16-8-6-12(7-9-16)19-14(18)11-4-3-5-11/h11-12H,3-10H2,1-2H3. The summed E-state index contributed by atoms with van der Waals surface area (Å²) in [6.07, 6.45) is 4.89. The van der Waals surface area contributed by atoms with Gasteiger partial charge in [0.25, 0.3) is 0 Å². The third kappa shape index (κ3) is 3.93. The Balaban J connectivity index is 1.67. The summed E-state index contributed by atoms with van der Waals surface area (Å²) in [5, 5.41) is 0. The molecule has 5 heteroatoms. The van der Waals surface area contributed by atoms with Crippen molar-refractivity contribution in [2.45, 2.75) is 38.2 Å². The number of ether oxygens (including phenoxy) is 1. The highest BCUT2D eigenvalue weighted by atomic mass is 16.5. The van der Waals surface area contributed by atoms with Gasteiger partial charge in [-0.15, -0.1) is 0 Å². The van der Waals surface area contributed by atoms with Crippen LogP contribution in [0.2, 0.25) is 0 Å². The maximum atomic E-state index is 11.7. The van der Waals surface area contributed by atoms with Gasteiger partial charge in [-0.2, -0.15) is 0 Å². The number of hydrogen-bond acceptors (Lipinski definition) is 4. The maximum Gasteiger partial charge on any atom is 0.309 e. The molecular formula is C14H24N2O3. The first kappa shape index (κ1) is 14.3. The van der Waals surface area contributed by atoms with Crippen molar-refractivity contribution < 1.29 is 14.3 Å². The molecule has 2 fully saturated rings. The molecule has 0 aromatic carbocycles. The monoisotopic (exact) mass is 268 g/mol. The number of nitrogens with zero attached hydrogens (tertiary/aromatic N) is 2. The van der Waals surface area contributed by atoms with E-state index >= 15 is 0 Å². The van der Waals surface area contributed by atoms with Crippen molar-refractivity contribution in [2.75, 3.05) is 33.7 Å².